The Morgan fingerprint density at radius 2 is 1.81 bits per heavy atom. The number of benzene rings is 2. The fourth-order valence-corrected chi connectivity index (χ4v) is 3.12. The molecule has 2 rings (SSSR count). The third-order valence-corrected chi connectivity index (χ3v) is 4.59. The van der Waals surface area contributed by atoms with Gasteiger partial charge in [-0.15, -0.1) is 0 Å². The van der Waals surface area contributed by atoms with Crippen LogP contribution in [0.3, 0.4) is 0 Å². The van der Waals surface area contributed by atoms with E-state index in [0.717, 1.165) is 41.0 Å². The van der Waals surface area contributed by atoms with Gasteiger partial charge in [-0.2, -0.15) is 11.8 Å². The van der Waals surface area contributed by atoms with Crippen LogP contribution in [0.5, 0.6) is 5.75 Å². The highest BCUT2D eigenvalue weighted by atomic mass is 32.2. The fourth-order valence-electron chi connectivity index (χ4n) is 2.26. The maximum atomic E-state index is 10.4. The molecular formula is C18H22O2S. The van der Waals surface area contributed by atoms with Crippen molar-refractivity contribution in [1.82, 2.24) is 0 Å². The van der Waals surface area contributed by atoms with E-state index in [1.165, 1.54) is 0 Å². The van der Waals surface area contributed by atoms with E-state index in [2.05, 4.69) is 0 Å². The Balaban J connectivity index is 1.98. The first-order valence-corrected chi connectivity index (χ1v) is 8.46. The molecule has 0 fully saturated rings. The molecule has 1 unspecified atom stereocenters. The van der Waals surface area contributed by atoms with Crippen molar-refractivity contribution in [2.75, 3.05) is 11.5 Å². The van der Waals surface area contributed by atoms with Gasteiger partial charge in [-0.3, -0.25) is 0 Å². The highest BCUT2D eigenvalue weighted by Crippen LogP contribution is 2.32. The van der Waals surface area contributed by atoms with Gasteiger partial charge in [0.2, 0.25) is 0 Å². The number of phenolic OH excluding ortho intramolecular Hbond substituents is 1. The Labute approximate surface area is 130 Å². The minimum absolute atomic E-state index is 0.246. The molecule has 0 heterocycles. The first-order valence-electron chi connectivity index (χ1n) is 7.30. The summed E-state index contributed by atoms with van der Waals surface area (Å²) in [5, 5.41) is 19.7. The van der Waals surface area contributed by atoms with Crippen molar-refractivity contribution in [3.05, 3.63) is 54.1 Å². The Kier molecular flexibility index (Phi) is 6.15. The third-order valence-electron chi connectivity index (χ3n) is 3.30. The summed E-state index contributed by atoms with van der Waals surface area (Å²) in [4.78, 5) is 0. The van der Waals surface area contributed by atoms with Crippen molar-refractivity contribution in [3.63, 3.8) is 0 Å². The molecule has 0 amide bonds. The predicted octanol–water partition coefficient (Wildman–Crippen LogP) is 4.11. The zero-order valence-electron chi connectivity index (χ0n) is 12.3. The molecule has 0 aromatic heterocycles. The van der Waals surface area contributed by atoms with E-state index in [9.17, 15) is 10.2 Å². The monoisotopic (exact) mass is 302 g/mol. The lowest BCUT2D eigenvalue weighted by atomic mass is 9.99. The number of aryl methyl sites for hydroxylation is 1. The van der Waals surface area contributed by atoms with E-state index < -0.39 is 0 Å². The van der Waals surface area contributed by atoms with Crippen molar-refractivity contribution < 1.29 is 10.2 Å². The number of phenols is 1. The van der Waals surface area contributed by atoms with Gasteiger partial charge in [0.25, 0.3) is 0 Å². The summed E-state index contributed by atoms with van der Waals surface area (Å²) in [7, 11) is 0. The zero-order valence-corrected chi connectivity index (χ0v) is 13.1. The number of aliphatic hydroxyl groups is 1. The highest BCUT2D eigenvalue weighted by molar-refractivity contribution is 7.99. The van der Waals surface area contributed by atoms with Crippen LogP contribution in [0.25, 0.3) is 11.1 Å². The molecule has 0 saturated heterocycles. The molecule has 0 bridgehead atoms. The second-order valence-electron chi connectivity index (χ2n) is 5.21. The topological polar surface area (TPSA) is 40.5 Å². The van der Waals surface area contributed by atoms with Crippen LogP contribution >= 0.6 is 11.8 Å². The number of para-hydroxylation sites is 1. The first-order chi connectivity index (χ1) is 10.2. The van der Waals surface area contributed by atoms with Crippen molar-refractivity contribution in [2.45, 2.75) is 25.9 Å². The molecule has 0 aliphatic carbocycles. The van der Waals surface area contributed by atoms with Gasteiger partial charge in [0, 0.05) is 11.3 Å². The van der Waals surface area contributed by atoms with Crippen LogP contribution in [-0.4, -0.2) is 27.8 Å². The summed E-state index contributed by atoms with van der Waals surface area (Å²) in [6.45, 7) is 1.81. The lowest BCUT2D eigenvalue weighted by Crippen LogP contribution is -2.03. The van der Waals surface area contributed by atoms with Gasteiger partial charge < -0.3 is 10.2 Å². The molecule has 2 N–H and O–H groups in total. The second-order valence-corrected chi connectivity index (χ2v) is 6.36. The molecule has 112 valence electrons. The van der Waals surface area contributed by atoms with Crippen LogP contribution in [0.4, 0.5) is 0 Å². The van der Waals surface area contributed by atoms with E-state index in [-0.39, 0.29) is 6.10 Å². The Hall–Kier alpha value is -1.45. The van der Waals surface area contributed by atoms with Gasteiger partial charge in [0.15, 0.2) is 0 Å². The van der Waals surface area contributed by atoms with E-state index >= 15 is 0 Å². The molecule has 1 atom stereocenters. The number of thioether (sulfide) groups is 1. The summed E-state index contributed by atoms with van der Waals surface area (Å²) in [6, 6.07) is 15.9. The molecule has 0 aliphatic heterocycles. The van der Waals surface area contributed by atoms with E-state index in [4.69, 9.17) is 0 Å². The number of hydrogen-bond acceptors (Lipinski definition) is 3. The Bertz CT molecular complexity index is 552. The molecule has 0 aliphatic rings. The molecule has 0 radical (unpaired) electrons. The summed E-state index contributed by atoms with van der Waals surface area (Å²) >= 11 is 1.76. The predicted molar refractivity (Wildman–Crippen MR) is 90.9 cm³/mol. The van der Waals surface area contributed by atoms with Crippen molar-refractivity contribution in [2.24, 2.45) is 0 Å². The minimum Gasteiger partial charge on any atom is -0.507 e. The minimum atomic E-state index is -0.246. The zero-order chi connectivity index (χ0) is 15.1. The third kappa shape index (κ3) is 4.80. The summed E-state index contributed by atoms with van der Waals surface area (Å²) in [5.74, 6) is 2.17. The second kappa shape index (κ2) is 8.11. The average Bonchev–Trinajstić information content (AvgIpc) is 2.49. The van der Waals surface area contributed by atoms with Crippen LogP contribution in [0.1, 0.15) is 18.9 Å². The summed E-state index contributed by atoms with van der Waals surface area (Å²) in [5.41, 5.74) is 2.93. The summed E-state index contributed by atoms with van der Waals surface area (Å²) < 4.78 is 0. The molecule has 2 nitrogen and oxygen atoms in total. The van der Waals surface area contributed by atoms with Gasteiger partial charge in [0.1, 0.15) is 5.75 Å². The molecule has 2 aromatic rings. The maximum absolute atomic E-state index is 10.4. The van der Waals surface area contributed by atoms with Crippen LogP contribution in [0, 0.1) is 0 Å². The van der Waals surface area contributed by atoms with Gasteiger partial charge in [-0.1, -0.05) is 48.5 Å². The average molecular weight is 302 g/mol. The number of hydrogen-bond donors (Lipinski definition) is 2. The van der Waals surface area contributed by atoms with E-state index in [1.54, 1.807) is 11.8 Å². The van der Waals surface area contributed by atoms with Gasteiger partial charge in [0.05, 0.1) is 6.10 Å². The van der Waals surface area contributed by atoms with Gasteiger partial charge in [-0.25, -0.2) is 0 Å². The molecule has 21 heavy (non-hydrogen) atoms. The van der Waals surface area contributed by atoms with Crippen LogP contribution in [0.15, 0.2) is 48.5 Å². The Morgan fingerprint density at radius 3 is 2.52 bits per heavy atom. The molecular weight excluding hydrogens is 280 g/mol. The van der Waals surface area contributed by atoms with Crippen molar-refractivity contribution >= 4 is 11.8 Å². The molecule has 3 heteroatoms. The quantitative estimate of drug-likeness (QED) is 0.756. The normalized spacial score (nSPS) is 12.3. The fraction of sp³-hybridized carbons (Fsp3) is 0.333. The largest absolute Gasteiger partial charge is 0.507 e. The molecule has 2 aromatic carbocycles. The van der Waals surface area contributed by atoms with Crippen LogP contribution < -0.4 is 0 Å². The lowest BCUT2D eigenvalue weighted by molar-refractivity contribution is 0.220. The van der Waals surface area contributed by atoms with Crippen molar-refractivity contribution in [3.8, 4) is 16.9 Å². The van der Waals surface area contributed by atoms with Crippen LogP contribution in [0.2, 0.25) is 0 Å². The SMILES string of the molecule is CC(O)CSCCCc1cccc(-c2ccccc2)c1O. The van der Waals surface area contributed by atoms with E-state index in [0.29, 0.717) is 5.75 Å². The van der Waals surface area contributed by atoms with Gasteiger partial charge >= 0.3 is 0 Å². The smallest absolute Gasteiger partial charge is 0.126 e. The van der Waals surface area contributed by atoms with Gasteiger partial charge in [-0.05, 0) is 36.6 Å². The number of aliphatic hydroxyl groups excluding tert-OH is 1. The van der Waals surface area contributed by atoms with Crippen LogP contribution in [-0.2, 0) is 6.42 Å². The molecule has 0 saturated carbocycles. The highest BCUT2D eigenvalue weighted by Gasteiger charge is 2.08. The number of aromatic hydroxyl groups is 1. The maximum Gasteiger partial charge on any atom is 0.126 e. The first kappa shape index (κ1) is 15.9. The van der Waals surface area contributed by atoms with Crippen molar-refractivity contribution in [1.29, 1.82) is 0 Å². The molecule has 0 spiro atoms. The van der Waals surface area contributed by atoms with E-state index in [1.807, 2.05) is 55.5 Å². The summed E-state index contributed by atoms with van der Waals surface area (Å²) in [6.07, 6.45) is 1.62. The Morgan fingerprint density at radius 1 is 1.05 bits per heavy atom. The lowest BCUT2D eigenvalue weighted by Gasteiger charge is -2.10. The number of rotatable bonds is 7. The standard InChI is InChI=1S/C18H22O2S/c1-14(19)13-21-12-6-10-16-9-5-11-17(18(16)20)15-7-3-2-4-8-15/h2-5,7-9,11,14,19-20H,6,10,12-13H2,1H3.